The van der Waals surface area contributed by atoms with E-state index in [1.165, 1.54) is 6.07 Å². The fraction of sp³-hybridized carbons (Fsp3) is 0.364. The smallest absolute Gasteiger partial charge is 0.408 e. The quantitative estimate of drug-likeness (QED) is 0.717. The largest absolute Gasteiger partial charge is 0.444 e. The summed E-state index contributed by atoms with van der Waals surface area (Å²) in [7, 11) is -2.34. The van der Waals surface area contributed by atoms with Crippen molar-refractivity contribution in [3.8, 4) is 17.2 Å². The van der Waals surface area contributed by atoms with Gasteiger partial charge in [-0.3, -0.25) is 0 Å². The summed E-state index contributed by atoms with van der Waals surface area (Å²) in [5, 5.41) is 12.5. The van der Waals surface area contributed by atoms with Gasteiger partial charge < -0.3 is 14.6 Å². The standard InChI is InChI=1S/C22H26FN2O3P/c1-22(2,3)28-21(26)25-18(14-24)12-17-7-6-16(13-20(17)23)15-8-10-19(11-9-15)29(4,5)27/h6-11,13,18H,12H2,1-5H3,(H,25,26)/t18-/m0/s1. The summed E-state index contributed by atoms with van der Waals surface area (Å²) in [4.78, 5) is 11.8. The summed E-state index contributed by atoms with van der Waals surface area (Å²) in [5.41, 5.74) is 1.11. The monoisotopic (exact) mass is 416 g/mol. The Morgan fingerprint density at radius 3 is 2.24 bits per heavy atom. The zero-order chi connectivity index (χ0) is 21.8. The van der Waals surface area contributed by atoms with Gasteiger partial charge in [-0.25, -0.2) is 9.18 Å². The molecular weight excluding hydrogens is 390 g/mol. The summed E-state index contributed by atoms with van der Waals surface area (Å²) in [6, 6.07) is 13.0. The molecule has 1 N–H and O–H groups in total. The Hall–Kier alpha value is -2.64. The molecule has 0 spiro atoms. The van der Waals surface area contributed by atoms with Crippen LogP contribution in [0.1, 0.15) is 26.3 Å². The molecule has 1 amide bonds. The normalized spacial score (nSPS) is 12.7. The number of benzene rings is 2. The molecule has 2 aromatic carbocycles. The molecule has 29 heavy (non-hydrogen) atoms. The van der Waals surface area contributed by atoms with E-state index in [1.54, 1.807) is 58.4 Å². The van der Waals surface area contributed by atoms with Crippen LogP contribution in [0.4, 0.5) is 9.18 Å². The van der Waals surface area contributed by atoms with Crippen molar-refractivity contribution in [2.75, 3.05) is 13.3 Å². The van der Waals surface area contributed by atoms with Crippen LogP contribution in [0, 0.1) is 17.1 Å². The van der Waals surface area contributed by atoms with Crippen LogP contribution in [0.2, 0.25) is 0 Å². The summed E-state index contributed by atoms with van der Waals surface area (Å²) in [6.07, 6.45) is -0.694. The van der Waals surface area contributed by atoms with E-state index in [9.17, 15) is 19.0 Å². The first kappa shape index (κ1) is 22.6. The van der Waals surface area contributed by atoms with Crippen LogP contribution in [0.3, 0.4) is 0 Å². The van der Waals surface area contributed by atoms with Crippen LogP contribution in [-0.2, 0) is 15.7 Å². The van der Waals surface area contributed by atoms with E-state index in [4.69, 9.17) is 4.74 Å². The van der Waals surface area contributed by atoms with Gasteiger partial charge in [0.1, 0.15) is 24.6 Å². The van der Waals surface area contributed by atoms with Gasteiger partial charge >= 0.3 is 6.09 Å². The molecule has 0 bridgehead atoms. The Morgan fingerprint density at radius 1 is 1.17 bits per heavy atom. The summed E-state index contributed by atoms with van der Waals surface area (Å²) in [6.45, 7) is 8.57. The van der Waals surface area contributed by atoms with Gasteiger partial charge in [0.15, 0.2) is 0 Å². The number of carbonyl (C=O) groups is 1. The average molecular weight is 416 g/mol. The van der Waals surface area contributed by atoms with Crippen LogP contribution in [0.25, 0.3) is 11.1 Å². The van der Waals surface area contributed by atoms with E-state index in [1.807, 2.05) is 18.2 Å². The van der Waals surface area contributed by atoms with Crippen molar-refractivity contribution in [3.05, 3.63) is 53.8 Å². The molecule has 0 aliphatic rings. The highest BCUT2D eigenvalue weighted by Gasteiger charge is 2.20. The maximum absolute atomic E-state index is 14.6. The van der Waals surface area contributed by atoms with Crippen molar-refractivity contribution in [2.45, 2.75) is 38.8 Å². The molecule has 0 fully saturated rings. The van der Waals surface area contributed by atoms with Gasteiger partial charge in [-0.2, -0.15) is 5.26 Å². The topological polar surface area (TPSA) is 79.2 Å². The Bertz CT molecular complexity index is 969. The Balaban J connectivity index is 2.13. The van der Waals surface area contributed by atoms with Crippen molar-refractivity contribution >= 4 is 18.5 Å². The third kappa shape index (κ3) is 6.73. The number of hydrogen-bond acceptors (Lipinski definition) is 4. The zero-order valence-electron chi connectivity index (χ0n) is 17.3. The van der Waals surface area contributed by atoms with Gasteiger partial charge in [0.05, 0.1) is 6.07 Å². The van der Waals surface area contributed by atoms with Crippen LogP contribution in [-0.4, -0.2) is 31.1 Å². The highest BCUT2D eigenvalue weighted by molar-refractivity contribution is 7.70. The Morgan fingerprint density at radius 2 is 1.76 bits per heavy atom. The minimum absolute atomic E-state index is 0.0235. The van der Waals surface area contributed by atoms with Gasteiger partial charge in [0, 0.05) is 11.7 Å². The predicted octanol–water partition coefficient (Wildman–Crippen LogP) is 4.70. The van der Waals surface area contributed by atoms with Crippen molar-refractivity contribution in [1.82, 2.24) is 5.32 Å². The van der Waals surface area contributed by atoms with Crippen molar-refractivity contribution in [2.24, 2.45) is 0 Å². The third-order valence-electron chi connectivity index (χ3n) is 4.15. The van der Waals surface area contributed by atoms with Crippen LogP contribution in [0.5, 0.6) is 0 Å². The van der Waals surface area contributed by atoms with E-state index in [0.29, 0.717) is 11.1 Å². The Labute approximate surface area is 171 Å². The summed E-state index contributed by atoms with van der Waals surface area (Å²) in [5.74, 6) is -0.463. The van der Waals surface area contributed by atoms with Crippen molar-refractivity contribution in [3.63, 3.8) is 0 Å². The lowest BCUT2D eigenvalue weighted by Gasteiger charge is -2.21. The number of carbonyl (C=O) groups excluding carboxylic acids is 1. The lowest BCUT2D eigenvalue weighted by Crippen LogP contribution is -2.39. The Kier molecular flexibility index (Phi) is 6.87. The highest BCUT2D eigenvalue weighted by Crippen LogP contribution is 2.35. The van der Waals surface area contributed by atoms with E-state index in [-0.39, 0.29) is 6.42 Å². The van der Waals surface area contributed by atoms with Crippen molar-refractivity contribution in [1.29, 1.82) is 5.26 Å². The zero-order valence-corrected chi connectivity index (χ0v) is 18.2. The second kappa shape index (κ2) is 8.80. The lowest BCUT2D eigenvalue weighted by molar-refractivity contribution is 0.0515. The fourth-order valence-corrected chi connectivity index (χ4v) is 3.57. The summed E-state index contributed by atoms with van der Waals surface area (Å²) < 4.78 is 31.9. The molecule has 1 atom stereocenters. The minimum Gasteiger partial charge on any atom is -0.444 e. The molecule has 0 aliphatic carbocycles. The SMILES string of the molecule is CC(C)(C)OC(=O)N[C@H](C#N)Cc1ccc(-c2ccc(P(C)(C)=O)cc2)cc1F. The molecule has 5 nitrogen and oxygen atoms in total. The maximum Gasteiger partial charge on any atom is 0.408 e. The number of rotatable bonds is 5. The minimum atomic E-state index is -2.34. The lowest BCUT2D eigenvalue weighted by atomic mass is 10.0. The average Bonchev–Trinajstić information content (AvgIpc) is 2.60. The maximum atomic E-state index is 14.6. The number of halogens is 1. The van der Waals surface area contributed by atoms with Crippen LogP contribution in [0.15, 0.2) is 42.5 Å². The van der Waals surface area contributed by atoms with Gasteiger partial charge in [-0.15, -0.1) is 0 Å². The predicted molar refractivity (Wildman–Crippen MR) is 113 cm³/mol. The molecular formula is C22H26FN2O3P. The molecule has 2 aromatic rings. The van der Waals surface area contributed by atoms with E-state index in [0.717, 1.165) is 10.9 Å². The van der Waals surface area contributed by atoms with Crippen molar-refractivity contribution < 1.29 is 18.5 Å². The number of amides is 1. The molecule has 0 aromatic heterocycles. The second-order valence-corrected chi connectivity index (χ2v) is 11.5. The number of nitriles is 1. The molecule has 0 unspecified atom stereocenters. The van der Waals surface area contributed by atoms with E-state index < -0.39 is 30.7 Å². The number of nitrogens with zero attached hydrogens (tertiary/aromatic N) is 1. The van der Waals surface area contributed by atoms with Gasteiger partial charge in [0.25, 0.3) is 0 Å². The molecule has 7 heteroatoms. The van der Waals surface area contributed by atoms with Crippen LogP contribution >= 0.6 is 7.14 Å². The van der Waals surface area contributed by atoms with E-state index >= 15 is 0 Å². The number of hydrogen-bond donors (Lipinski definition) is 1. The number of nitrogens with one attached hydrogen (secondary N) is 1. The van der Waals surface area contributed by atoms with Gasteiger partial charge in [0.2, 0.25) is 0 Å². The second-order valence-electron chi connectivity index (χ2n) is 8.24. The first-order chi connectivity index (χ1) is 13.4. The number of ether oxygens (including phenoxy) is 1. The van der Waals surface area contributed by atoms with Crippen LogP contribution < -0.4 is 10.6 Å². The van der Waals surface area contributed by atoms with E-state index in [2.05, 4.69) is 5.32 Å². The highest BCUT2D eigenvalue weighted by atomic mass is 31.2. The molecule has 0 radical (unpaired) electrons. The first-order valence-corrected chi connectivity index (χ1v) is 11.8. The summed E-state index contributed by atoms with van der Waals surface area (Å²) >= 11 is 0. The first-order valence-electron chi connectivity index (χ1n) is 9.22. The number of alkyl carbamates (subject to hydrolysis) is 1. The molecule has 0 saturated carbocycles. The molecule has 154 valence electrons. The fourth-order valence-electron chi connectivity index (χ4n) is 2.70. The molecule has 0 aliphatic heterocycles. The third-order valence-corrected chi connectivity index (χ3v) is 5.69. The molecule has 0 heterocycles. The molecule has 0 saturated heterocycles. The van der Waals surface area contributed by atoms with Gasteiger partial charge in [-0.1, -0.05) is 36.4 Å². The van der Waals surface area contributed by atoms with Gasteiger partial charge in [-0.05, 0) is 56.9 Å². The molecule has 2 rings (SSSR count).